The molecular weight excluding hydrogens is 266 g/mol. The van der Waals surface area contributed by atoms with E-state index in [0.717, 1.165) is 12.1 Å². The summed E-state index contributed by atoms with van der Waals surface area (Å²) in [6.45, 7) is 2.52. The molecule has 1 saturated heterocycles. The van der Waals surface area contributed by atoms with Gasteiger partial charge in [0.2, 0.25) is 11.8 Å². The van der Waals surface area contributed by atoms with Crippen molar-refractivity contribution in [3.05, 3.63) is 35.4 Å². The predicted octanol–water partition coefficient (Wildman–Crippen LogP) is 1.59. The second-order valence-corrected chi connectivity index (χ2v) is 4.77. The smallest absolute Gasteiger partial charge is 0.246 e. The molecule has 0 aromatic heterocycles. The quantitative estimate of drug-likeness (QED) is 0.834. The van der Waals surface area contributed by atoms with E-state index in [1.807, 2.05) is 6.92 Å². The summed E-state index contributed by atoms with van der Waals surface area (Å²) in [4.78, 5) is 24.8. The summed E-state index contributed by atoms with van der Waals surface area (Å²) in [6, 6.07) is 2.98. The Bertz CT molecular complexity index is 534. The van der Waals surface area contributed by atoms with E-state index in [4.69, 9.17) is 0 Å². The summed E-state index contributed by atoms with van der Waals surface area (Å²) in [7, 11) is 0. The van der Waals surface area contributed by atoms with Crippen molar-refractivity contribution in [2.75, 3.05) is 6.54 Å². The third-order valence-electron chi connectivity index (χ3n) is 3.23. The fraction of sp³-hybridized carbons (Fsp3) is 0.429. The minimum atomic E-state index is -0.925. The average Bonchev–Trinajstić information content (AvgIpc) is 2.68. The number of benzene rings is 1. The fourth-order valence-electron chi connectivity index (χ4n) is 2.19. The number of amides is 2. The van der Waals surface area contributed by atoms with Gasteiger partial charge in [0.25, 0.3) is 0 Å². The summed E-state index contributed by atoms with van der Waals surface area (Å²) >= 11 is 0. The Hall–Kier alpha value is -1.82. The number of nitrogens with one attached hydrogen (secondary N) is 1. The largest absolute Gasteiger partial charge is 0.301 e. The number of carbonyl (C=O) groups is 2. The molecule has 6 heteroatoms. The fourth-order valence-corrected chi connectivity index (χ4v) is 2.19. The molecular formula is C14H16F2N2O2. The molecule has 1 atom stereocenters. The zero-order chi connectivity index (χ0) is 14.7. The molecule has 0 spiro atoms. The molecule has 2 amide bonds. The van der Waals surface area contributed by atoms with Gasteiger partial charge in [0.15, 0.2) is 11.6 Å². The van der Waals surface area contributed by atoms with Crippen LogP contribution in [0.1, 0.15) is 25.3 Å². The summed E-state index contributed by atoms with van der Waals surface area (Å²) in [5, 5.41) is 2.91. The molecule has 1 fully saturated rings. The van der Waals surface area contributed by atoms with Crippen molar-refractivity contribution in [1.29, 1.82) is 0 Å². The van der Waals surface area contributed by atoms with Gasteiger partial charge in [-0.3, -0.25) is 14.5 Å². The van der Waals surface area contributed by atoms with E-state index in [1.54, 1.807) is 0 Å². The van der Waals surface area contributed by atoms with E-state index < -0.39 is 17.7 Å². The Morgan fingerprint density at radius 3 is 2.70 bits per heavy atom. The predicted molar refractivity (Wildman–Crippen MR) is 68.6 cm³/mol. The highest BCUT2D eigenvalue weighted by Gasteiger charge is 2.37. The van der Waals surface area contributed by atoms with Crippen molar-refractivity contribution in [2.24, 2.45) is 0 Å². The van der Waals surface area contributed by atoms with Crippen LogP contribution >= 0.6 is 0 Å². The molecule has 4 nitrogen and oxygen atoms in total. The van der Waals surface area contributed by atoms with Crippen LogP contribution in [0.4, 0.5) is 8.78 Å². The van der Waals surface area contributed by atoms with Gasteiger partial charge in [0.05, 0.1) is 12.5 Å². The van der Waals surface area contributed by atoms with Crippen molar-refractivity contribution < 1.29 is 18.4 Å². The first-order valence-electron chi connectivity index (χ1n) is 6.54. The van der Waals surface area contributed by atoms with Crippen molar-refractivity contribution >= 4 is 11.8 Å². The van der Waals surface area contributed by atoms with E-state index in [2.05, 4.69) is 5.32 Å². The van der Waals surface area contributed by atoms with Crippen LogP contribution in [0.5, 0.6) is 0 Å². The number of nitrogens with zero attached hydrogens (tertiary/aromatic N) is 1. The molecule has 1 aliphatic heterocycles. The van der Waals surface area contributed by atoms with Crippen molar-refractivity contribution in [3.8, 4) is 0 Å². The minimum Gasteiger partial charge on any atom is -0.301 e. The number of likely N-dealkylation sites (tertiary alicyclic amines) is 1. The maximum absolute atomic E-state index is 13.0. The highest BCUT2D eigenvalue weighted by Crippen LogP contribution is 2.15. The standard InChI is InChI=1S/C14H16F2N2O2/c1-2-5-18-13(19)7-12(14(18)20)17-8-9-3-4-10(15)11(16)6-9/h3-4,6,12,17H,2,5,7-8H2,1H3. The molecule has 2 rings (SSSR count). The van der Waals surface area contributed by atoms with Crippen LogP contribution < -0.4 is 5.32 Å². The van der Waals surface area contributed by atoms with E-state index in [9.17, 15) is 18.4 Å². The van der Waals surface area contributed by atoms with Gasteiger partial charge in [0.1, 0.15) is 0 Å². The normalized spacial score (nSPS) is 18.9. The van der Waals surface area contributed by atoms with Crippen LogP contribution in [0.3, 0.4) is 0 Å². The molecule has 20 heavy (non-hydrogen) atoms. The SMILES string of the molecule is CCCN1C(=O)CC(NCc2ccc(F)c(F)c2)C1=O. The number of imide groups is 1. The molecule has 0 aliphatic carbocycles. The summed E-state index contributed by atoms with van der Waals surface area (Å²) in [5.74, 6) is -2.28. The van der Waals surface area contributed by atoms with Crippen LogP contribution in [0.25, 0.3) is 0 Å². The summed E-state index contributed by atoms with van der Waals surface area (Å²) in [5.41, 5.74) is 0.526. The van der Waals surface area contributed by atoms with Crippen LogP contribution in [0.15, 0.2) is 18.2 Å². The van der Waals surface area contributed by atoms with Crippen LogP contribution in [-0.4, -0.2) is 29.3 Å². The van der Waals surface area contributed by atoms with Gasteiger partial charge >= 0.3 is 0 Å². The Balaban J connectivity index is 1.96. The second kappa shape index (κ2) is 6.09. The maximum atomic E-state index is 13.0. The van der Waals surface area contributed by atoms with Gasteiger partial charge in [-0.1, -0.05) is 13.0 Å². The lowest BCUT2D eigenvalue weighted by Gasteiger charge is -2.14. The number of rotatable bonds is 5. The van der Waals surface area contributed by atoms with Crippen LogP contribution in [0.2, 0.25) is 0 Å². The lowest BCUT2D eigenvalue weighted by molar-refractivity contribution is -0.138. The first kappa shape index (κ1) is 14.6. The van der Waals surface area contributed by atoms with Gasteiger partial charge in [-0.25, -0.2) is 8.78 Å². The number of halogens is 2. The Morgan fingerprint density at radius 1 is 1.30 bits per heavy atom. The molecule has 1 unspecified atom stereocenters. The van der Waals surface area contributed by atoms with Crippen LogP contribution in [-0.2, 0) is 16.1 Å². The summed E-state index contributed by atoms with van der Waals surface area (Å²) in [6.07, 6.45) is 0.829. The van der Waals surface area contributed by atoms with Gasteiger partial charge in [-0.15, -0.1) is 0 Å². The molecule has 1 aliphatic rings. The van der Waals surface area contributed by atoms with E-state index in [1.165, 1.54) is 11.0 Å². The first-order valence-corrected chi connectivity index (χ1v) is 6.54. The molecule has 0 bridgehead atoms. The van der Waals surface area contributed by atoms with Crippen molar-refractivity contribution in [3.63, 3.8) is 0 Å². The Morgan fingerprint density at radius 2 is 2.05 bits per heavy atom. The van der Waals surface area contributed by atoms with Gasteiger partial charge in [-0.05, 0) is 24.1 Å². The monoisotopic (exact) mass is 282 g/mol. The average molecular weight is 282 g/mol. The first-order chi connectivity index (χ1) is 9.52. The molecule has 0 saturated carbocycles. The van der Waals surface area contributed by atoms with E-state index in [0.29, 0.717) is 18.5 Å². The minimum absolute atomic E-state index is 0.114. The van der Waals surface area contributed by atoms with Crippen molar-refractivity contribution in [1.82, 2.24) is 10.2 Å². The van der Waals surface area contributed by atoms with E-state index in [-0.39, 0.29) is 24.8 Å². The van der Waals surface area contributed by atoms with Gasteiger partial charge < -0.3 is 5.32 Å². The van der Waals surface area contributed by atoms with Gasteiger partial charge in [-0.2, -0.15) is 0 Å². The molecule has 0 radical (unpaired) electrons. The maximum Gasteiger partial charge on any atom is 0.246 e. The zero-order valence-electron chi connectivity index (χ0n) is 11.2. The highest BCUT2D eigenvalue weighted by molar-refractivity contribution is 6.05. The van der Waals surface area contributed by atoms with E-state index >= 15 is 0 Å². The number of carbonyl (C=O) groups excluding carboxylic acids is 2. The molecule has 1 aromatic rings. The van der Waals surface area contributed by atoms with Crippen molar-refractivity contribution in [2.45, 2.75) is 32.4 Å². The third-order valence-corrected chi connectivity index (χ3v) is 3.23. The molecule has 1 aromatic carbocycles. The third kappa shape index (κ3) is 3.01. The Labute approximate surface area is 115 Å². The topological polar surface area (TPSA) is 49.4 Å². The molecule has 108 valence electrons. The Kier molecular flexibility index (Phi) is 4.44. The number of hydrogen-bond donors (Lipinski definition) is 1. The second-order valence-electron chi connectivity index (χ2n) is 4.77. The molecule has 1 heterocycles. The van der Waals surface area contributed by atoms with Gasteiger partial charge in [0, 0.05) is 13.1 Å². The molecule has 1 N–H and O–H groups in total. The lowest BCUT2D eigenvalue weighted by Crippen LogP contribution is -2.38. The number of hydrogen-bond acceptors (Lipinski definition) is 3. The zero-order valence-corrected chi connectivity index (χ0v) is 11.2. The highest BCUT2D eigenvalue weighted by atomic mass is 19.2. The van der Waals surface area contributed by atoms with Crippen LogP contribution in [0, 0.1) is 11.6 Å². The lowest BCUT2D eigenvalue weighted by atomic mass is 10.2. The summed E-state index contributed by atoms with van der Waals surface area (Å²) < 4.78 is 25.8.